The monoisotopic (exact) mass is 320 g/mol. The Morgan fingerprint density at radius 3 is 2.95 bits per heavy atom. The fourth-order valence-corrected chi connectivity index (χ4v) is 3.65. The van der Waals surface area contributed by atoms with Crippen molar-refractivity contribution in [3.05, 3.63) is 43.0 Å². The maximum atomic E-state index is 12.3. The van der Waals surface area contributed by atoms with Gasteiger partial charge < -0.3 is 4.74 Å². The van der Waals surface area contributed by atoms with Crippen molar-refractivity contribution in [1.82, 2.24) is 19.7 Å². The zero-order valence-corrected chi connectivity index (χ0v) is 13.2. The Balaban J connectivity index is 1.47. The van der Waals surface area contributed by atoms with E-state index in [0.717, 1.165) is 24.5 Å². The second-order valence-corrected chi connectivity index (χ2v) is 6.84. The number of nitrogens with zero attached hydrogens (tertiary/aromatic N) is 4. The van der Waals surface area contributed by atoms with E-state index in [0.29, 0.717) is 18.9 Å². The molecular formula is C15H20N4O2S. The third-order valence-corrected chi connectivity index (χ3v) is 5.03. The molecule has 2 atom stereocenters. The Morgan fingerprint density at radius 1 is 1.32 bits per heavy atom. The van der Waals surface area contributed by atoms with Crippen LogP contribution < -0.4 is 0 Å². The number of hydrogen-bond donors (Lipinski definition) is 0. The number of morpholine rings is 1. The molecule has 1 fully saturated rings. The molecule has 1 aromatic carbocycles. The van der Waals surface area contributed by atoms with Crippen LogP contribution in [0, 0.1) is 0 Å². The minimum Gasteiger partial charge on any atom is -0.374 e. The van der Waals surface area contributed by atoms with Crippen LogP contribution in [0.3, 0.4) is 0 Å². The second kappa shape index (κ2) is 7.62. The van der Waals surface area contributed by atoms with E-state index in [-0.39, 0.29) is 6.10 Å². The molecule has 0 saturated carbocycles. The number of benzene rings is 1. The summed E-state index contributed by atoms with van der Waals surface area (Å²) in [7, 11) is -0.938. The Labute approximate surface area is 132 Å². The van der Waals surface area contributed by atoms with E-state index in [2.05, 4.69) is 15.0 Å². The van der Waals surface area contributed by atoms with Crippen molar-refractivity contribution in [3.63, 3.8) is 0 Å². The molecule has 1 aliphatic rings. The van der Waals surface area contributed by atoms with Gasteiger partial charge in [0.25, 0.3) is 0 Å². The van der Waals surface area contributed by atoms with Gasteiger partial charge >= 0.3 is 0 Å². The van der Waals surface area contributed by atoms with Gasteiger partial charge in [0, 0.05) is 30.3 Å². The minimum atomic E-state index is -0.938. The molecule has 0 radical (unpaired) electrons. The molecular weight excluding hydrogens is 300 g/mol. The first-order valence-electron chi connectivity index (χ1n) is 7.41. The van der Waals surface area contributed by atoms with Crippen LogP contribution in [0.15, 0.2) is 47.9 Å². The summed E-state index contributed by atoms with van der Waals surface area (Å²) in [6, 6.07) is 9.63. The molecule has 0 N–H and O–H groups in total. The van der Waals surface area contributed by atoms with Crippen molar-refractivity contribution in [3.8, 4) is 0 Å². The van der Waals surface area contributed by atoms with Gasteiger partial charge in [-0.3, -0.25) is 13.8 Å². The quantitative estimate of drug-likeness (QED) is 0.787. The summed E-state index contributed by atoms with van der Waals surface area (Å²) in [5, 5.41) is 4.11. The first-order valence-corrected chi connectivity index (χ1v) is 8.73. The van der Waals surface area contributed by atoms with Gasteiger partial charge in [-0.2, -0.15) is 5.10 Å². The van der Waals surface area contributed by atoms with Gasteiger partial charge in [0.1, 0.15) is 12.7 Å². The second-order valence-electron chi connectivity index (χ2n) is 5.27. The van der Waals surface area contributed by atoms with E-state index in [1.807, 2.05) is 30.3 Å². The van der Waals surface area contributed by atoms with Gasteiger partial charge in [0.2, 0.25) is 0 Å². The normalized spacial score (nSPS) is 20.8. The van der Waals surface area contributed by atoms with Crippen molar-refractivity contribution in [2.45, 2.75) is 17.5 Å². The van der Waals surface area contributed by atoms with Gasteiger partial charge in [-0.1, -0.05) is 18.2 Å². The Morgan fingerprint density at radius 2 is 2.18 bits per heavy atom. The molecule has 2 unspecified atom stereocenters. The molecule has 0 spiro atoms. The Kier molecular flexibility index (Phi) is 5.31. The maximum Gasteiger partial charge on any atom is 0.137 e. The summed E-state index contributed by atoms with van der Waals surface area (Å²) in [6.45, 7) is 3.96. The summed E-state index contributed by atoms with van der Waals surface area (Å²) >= 11 is 0. The highest BCUT2D eigenvalue weighted by molar-refractivity contribution is 7.85. The fraction of sp³-hybridized carbons (Fsp3) is 0.467. The molecule has 3 rings (SSSR count). The number of ether oxygens (including phenoxy) is 1. The fourth-order valence-electron chi connectivity index (χ4n) is 2.53. The maximum absolute atomic E-state index is 12.3. The molecule has 1 aliphatic heterocycles. The summed E-state index contributed by atoms with van der Waals surface area (Å²) in [4.78, 5) is 7.15. The van der Waals surface area contributed by atoms with Crippen LogP contribution in [-0.2, 0) is 22.1 Å². The highest BCUT2D eigenvalue weighted by Crippen LogP contribution is 2.09. The summed E-state index contributed by atoms with van der Waals surface area (Å²) in [5.41, 5.74) is 0. The van der Waals surface area contributed by atoms with Crippen LogP contribution in [-0.4, -0.2) is 62.0 Å². The molecule has 1 aromatic heterocycles. The van der Waals surface area contributed by atoms with Gasteiger partial charge in [0.15, 0.2) is 0 Å². The highest BCUT2D eigenvalue weighted by atomic mass is 32.2. The average Bonchev–Trinajstić information content (AvgIpc) is 3.07. The van der Waals surface area contributed by atoms with Gasteiger partial charge in [-0.25, -0.2) is 4.98 Å². The number of aromatic nitrogens is 3. The SMILES string of the molecule is O=S(CCN1CCOC(Cn2cncn2)C1)c1ccccc1. The lowest BCUT2D eigenvalue weighted by molar-refractivity contribution is -0.0355. The lowest BCUT2D eigenvalue weighted by atomic mass is 10.2. The first-order chi connectivity index (χ1) is 10.8. The van der Waals surface area contributed by atoms with Crippen LogP contribution in [0.25, 0.3) is 0 Å². The smallest absolute Gasteiger partial charge is 0.137 e. The number of hydrogen-bond acceptors (Lipinski definition) is 5. The molecule has 2 aromatic rings. The molecule has 22 heavy (non-hydrogen) atoms. The van der Waals surface area contributed by atoms with Crippen LogP contribution in [0.1, 0.15) is 0 Å². The van der Waals surface area contributed by atoms with E-state index in [1.165, 1.54) is 6.33 Å². The third kappa shape index (κ3) is 4.22. The van der Waals surface area contributed by atoms with E-state index < -0.39 is 10.8 Å². The van der Waals surface area contributed by atoms with Crippen molar-refractivity contribution >= 4 is 10.8 Å². The summed E-state index contributed by atoms with van der Waals surface area (Å²) in [5.74, 6) is 0.653. The minimum absolute atomic E-state index is 0.112. The lowest BCUT2D eigenvalue weighted by Gasteiger charge is -2.32. The lowest BCUT2D eigenvalue weighted by Crippen LogP contribution is -2.45. The molecule has 118 valence electrons. The molecule has 7 heteroatoms. The molecule has 0 aliphatic carbocycles. The largest absolute Gasteiger partial charge is 0.374 e. The zero-order valence-electron chi connectivity index (χ0n) is 12.4. The third-order valence-electron chi connectivity index (χ3n) is 3.68. The van der Waals surface area contributed by atoms with Crippen LogP contribution in [0.4, 0.5) is 0 Å². The Hall–Kier alpha value is -1.57. The van der Waals surface area contributed by atoms with E-state index in [9.17, 15) is 4.21 Å². The molecule has 2 heterocycles. The molecule has 6 nitrogen and oxygen atoms in total. The van der Waals surface area contributed by atoms with Crippen LogP contribution in [0.5, 0.6) is 0 Å². The van der Waals surface area contributed by atoms with E-state index in [1.54, 1.807) is 11.0 Å². The zero-order chi connectivity index (χ0) is 15.2. The van der Waals surface area contributed by atoms with Gasteiger partial charge in [-0.05, 0) is 12.1 Å². The van der Waals surface area contributed by atoms with Crippen molar-refractivity contribution < 1.29 is 8.95 Å². The predicted molar refractivity (Wildman–Crippen MR) is 83.9 cm³/mol. The summed E-state index contributed by atoms with van der Waals surface area (Å²) in [6.07, 6.45) is 3.34. The molecule has 0 amide bonds. The standard InChI is InChI=1S/C15H20N4O2S/c20-22(15-4-2-1-3-5-15)9-7-18-6-8-21-14(10-18)11-19-13-16-12-17-19/h1-5,12-14H,6-11H2. The molecule has 0 bridgehead atoms. The average molecular weight is 320 g/mol. The van der Waals surface area contributed by atoms with Crippen LogP contribution in [0.2, 0.25) is 0 Å². The molecule has 1 saturated heterocycles. The topological polar surface area (TPSA) is 60.2 Å². The highest BCUT2D eigenvalue weighted by Gasteiger charge is 2.21. The van der Waals surface area contributed by atoms with E-state index in [4.69, 9.17) is 4.74 Å². The number of rotatable bonds is 6. The van der Waals surface area contributed by atoms with E-state index >= 15 is 0 Å². The predicted octanol–water partition coefficient (Wildman–Crippen LogP) is 0.787. The Bertz CT molecular complexity index is 591. The summed E-state index contributed by atoms with van der Waals surface area (Å²) < 4.78 is 19.8. The van der Waals surface area contributed by atoms with Gasteiger partial charge in [0.05, 0.1) is 30.1 Å². The first kappa shape index (κ1) is 15.3. The van der Waals surface area contributed by atoms with Crippen molar-refractivity contribution in [2.75, 3.05) is 32.0 Å². The van der Waals surface area contributed by atoms with Gasteiger partial charge in [-0.15, -0.1) is 0 Å². The van der Waals surface area contributed by atoms with Crippen molar-refractivity contribution in [2.24, 2.45) is 0 Å². The van der Waals surface area contributed by atoms with Crippen molar-refractivity contribution in [1.29, 1.82) is 0 Å². The van der Waals surface area contributed by atoms with Crippen LogP contribution >= 0.6 is 0 Å².